The average molecular weight is 341 g/mol. The van der Waals surface area contributed by atoms with E-state index in [9.17, 15) is 4.79 Å². The van der Waals surface area contributed by atoms with Crippen molar-refractivity contribution >= 4 is 11.7 Å². The number of carbonyl (C=O) groups excluding carboxylic acids is 1. The third-order valence-corrected chi connectivity index (χ3v) is 4.13. The number of carbonyl (C=O) groups is 1. The van der Waals surface area contributed by atoms with E-state index in [1.54, 1.807) is 13.3 Å². The van der Waals surface area contributed by atoms with E-state index in [1.807, 2.05) is 38.1 Å². The second-order valence-electron chi connectivity index (χ2n) is 6.68. The fourth-order valence-electron chi connectivity index (χ4n) is 2.39. The van der Waals surface area contributed by atoms with Gasteiger partial charge in [-0.2, -0.15) is 0 Å². The van der Waals surface area contributed by atoms with E-state index in [0.717, 1.165) is 35.5 Å². The molecule has 0 aliphatic heterocycles. The Morgan fingerprint density at radius 3 is 2.44 bits per heavy atom. The molecule has 1 amide bonds. The number of amides is 1. The Balaban J connectivity index is 2.33. The number of rotatable bonds is 7. The molecule has 5 heteroatoms. The van der Waals surface area contributed by atoms with Gasteiger partial charge in [0, 0.05) is 11.5 Å². The highest BCUT2D eigenvalue weighted by Crippen LogP contribution is 2.24. The fourth-order valence-corrected chi connectivity index (χ4v) is 2.39. The summed E-state index contributed by atoms with van der Waals surface area (Å²) in [4.78, 5) is 21.5. The molecular weight excluding hydrogens is 314 g/mol. The zero-order valence-electron chi connectivity index (χ0n) is 15.7. The van der Waals surface area contributed by atoms with Crippen LogP contribution in [0.25, 0.3) is 11.3 Å². The van der Waals surface area contributed by atoms with Gasteiger partial charge in [-0.05, 0) is 43.0 Å². The lowest BCUT2D eigenvalue weighted by Crippen LogP contribution is -2.22. The third kappa shape index (κ3) is 5.02. The van der Waals surface area contributed by atoms with E-state index in [2.05, 4.69) is 24.1 Å². The normalized spacial score (nSPS) is 12.1. The van der Waals surface area contributed by atoms with Crippen LogP contribution in [0.2, 0.25) is 0 Å². The number of hydrogen-bond acceptors (Lipinski definition) is 4. The highest BCUT2D eigenvalue weighted by Gasteiger charge is 2.16. The van der Waals surface area contributed by atoms with Crippen LogP contribution in [0.15, 0.2) is 30.5 Å². The summed E-state index contributed by atoms with van der Waals surface area (Å²) in [6.45, 7) is 8.17. The SMILES string of the molecule is CCC(C)C(=O)Nc1ncc(-c2ccc(OC)cc2)nc1CC(C)C. The first kappa shape index (κ1) is 18.9. The number of benzene rings is 1. The summed E-state index contributed by atoms with van der Waals surface area (Å²) >= 11 is 0. The summed E-state index contributed by atoms with van der Waals surface area (Å²) in [5.74, 6) is 1.72. The Hall–Kier alpha value is -2.43. The van der Waals surface area contributed by atoms with Crippen LogP contribution in [-0.2, 0) is 11.2 Å². The van der Waals surface area contributed by atoms with E-state index >= 15 is 0 Å². The lowest BCUT2D eigenvalue weighted by molar-refractivity contribution is -0.119. The summed E-state index contributed by atoms with van der Waals surface area (Å²) in [5.41, 5.74) is 2.58. The van der Waals surface area contributed by atoms with Gasteiger partial charge in [-0.1, -0.05) is 27.7 Å². The van der Waals surface area contributed by atoms with E-state index in [-0.39, 0.29) is 11.8 Å². The summed E-state index contributed by atoms with van der Waals surface area (Å²) in [6, 6.07) is 7.72. The van der Waals surface area contributed by atoms with Crippen molar-refractivity contribution in [2.24, 2.45) is 11.8 Å². The van der Waals surface area contributed by atoms with Crippen LogP contribution in [0.1, 0.15) is 39.8 Å². The molecule has 0 saturated carbocycles. The second-order valence-corrected chi connectivity index (χ2v) is 6.68. The van der Waals surface area contributed by atoms with E-state index in [0.29, 0.717) is 11.7 Å². The van der Waals surface area contributed by atoms with E-state index in [1.165, 1.54) is 0 Å². The molecule has 0 spiro atoms. The number of hydrogen-bond donors (Lipinski definition) is 1. The van der Waals surface area contributed by atoms with Crippen molar-refractivity contribution in [1.29, 1.82) is 0 Å². The van der Waals surface area contributed by atoms with E-state index in [4.69, 9.17) is 9.72 Å². The molecule has 0 radical (unpaired) electrons. The first-order chi connectivity index (χ1) is 11.9. The second kappa shape index (κ2) is 8.60. The predicted molar refractivity (Wildman–Crippen MR) is 101 cm³/mol. The zero-order chi connectivity index (χ0) is 18.4. The molecular formula is C20H27N3O2. The maximum Gasteiger partial charge on any atom is 0.228 e. The number of methoxy groups -OCH3 is 1. The minimum atomic E-state index is -0.0463. The molecule has 2 aromatic rings. The maximum atomic E-state index is 12.2. The highest BCUT2D eigenvalue weighted by molar-refractivity contribution is 5.91. The Labute approximate surface area is 149 Å². The van der Waals surface area contributed by atoms with E-state index < -0.39 is 0 Å². The van der Waals surface area contributed by atoms with Crippen molar-refractivity contribution in [2.75, 3.05) is 12.4 Å². The molecule has 1 aromatic carbocycles. The Morgan fingerprint density at radius 1 is 1.20 bits per heavy atom. The van der Waals surface area contributed by atoms with Crippen LogP contribution in [0, 0.1) is 11.8 Å². The van der Waals surface area contributed by atoms with Crippen LogP contribution in [0.3, 0.4) is 0 Å². The van der Waals surface area contributed by atoms with Crippen molar-refractivity contribution in [3.05, 3.63) is 36.2 Å². The topological polar surface area (TPSA) is 64.1 Å². The summed E-state index contributed by atoms with van der Waals surface area (Å²) in [5, 5.41) is 2.93. The highest BCUT2D eigenvalue weighted by atomic mass is 16.5. The number of ether oxygens (including phenoxy) is 1. The molecule has 0 fully saturated rings. The molecule has 1 aromatic heterocycles. The summed E-state index contributed by atoms with van der Waals surface area (Å²) in [6.07, 6.45) is 3.26. The Morgan fingerprint density at radius 2 is 1.88 bits per heavy atom. The van der Waals surface area contributed by atoms with Crippen molar-refractivity contribution in [1.82, 2.24) is 9.97 Å². The van der Waals surface area contributed by atoms with Gasteiger partial charge in [0.1, 0.15) is 5.75 Å². The van der Waals surface area contributed by atoms with Crippen LogP contribution in [0.4, 0.5) is 5.82 Å². The number of nitrogens with zero attached hydrogens (tertiary/aromatic N) is 2. The van der Waals surface area contributed by atoms with Crippen LogP contribution in [-0.4, -0.2) is 23.0 Å². The van der Waals surface area contributed by atoms with Gasteiger partial charge in [0.15, 0.2) is 5.82 Å². The fraction of sp³-hybridized carbons (Fsp3) is 0.450. The van der Waals surface area contributed by atoms with Gasteiger partial charge in [-0.3, -0.25) is 4.79 Å². The zero-order valence-corrected chi connectivity index (χ0v) is 15.7. The Bertz CT molecular complexity index is 711. The number of anilines is 1. The third-order valence-electron chi connectivity index (χ3n) is 4.13. The smallest absolute Gasteiger partial charge is 0.228 e. The van der Waals surface area contributed by atoms with Crippen molar-refractivity contribution in [3.8, 4) is 17.0 Å². The molecule has 1 heterocycles. The first-order valence-electron chi connectivity index (χ1n) is 8.75. The lowest BCUT2D eigenvalue weighted by Gasteiger charge is -2.15. The number of aromatic nitrogens is 2. The first-order valence-corrected chi connectivity index (χ1v) is 8.75. The van der Waals surface area contributed by atoms with Crippen LogP contribution >= 0.6 is 0 Å². The van der Waals surface area contributed by atoms with Crippen LogP contribution < -0.4 is 10.1 Å². The minimum absolute atomic E-state index is 0.0148. The summed E-state index contributed by atoms with van der Waals surface area (Å²) in [7, 11) is 1.64. The molecule has 1 unspecified atom stereocenters. The van der Waals surface area contributed by atoms with Gasteiger partial charge >= 0.3 is 0 Å². The van der Waals surface area contributed by atoms with Gasteiger partial charge in [0.05, 0.1) is 24.7 Å². The van der Waals surface area contributed by atoms with Gasteiger partial charge in [0.2, 0.25) is 5.91 Å². The molecule has 1 N–H and O–H groups in total. The average Bonchev–Trinajstić information content (AvgIpc) is 2.62. The predicted octanol–water partition coefficient (Wildman–Crippen LogP) is 4.34. The van der Waals surface area contributed by atoms with Crippen molar-refractivity contribution in [2.45, 2.75) is 40.5 Å². The lowest BCUT2D eigenvalue weighted by atomic mass is 10.1. The van der Waals surface area contributed by atoms with Crippen molar-refractivity contribution in [3.63, 3.8) is 0 Å². The van der Waals surface area contributed by atoms with Gasteiger partial charge in [-0.25, -0.2) is 9.97 Å². The number of nitrogens with one attached hydrogen (secondary N) is 1. The molecule has 0 aliphatic carbocycles. The molecule has 25 heavy (non-hydrogen) atoms. The quantitative estimate of drug-likeness (QED) is 0.814. The molecule has 0 bridgehead atoms. The molecule has 2 rings (SSSR count). The maximum absolute atomic E-state index is 12.2. The van der Waals surface area contributed by atoms with Gasteiger partial charge in [0.25, 0.3) is 0 Å². The van der Waals surface area contributed by atoms with Gasteiger partial charge < -0.3 is 10.1 Å². The largest absolute Gasteiger partial charge is 0.497 e. The minimum Gasteiger partial charge on any atom is -0.497 e. The standard InChI is InChI=1S/C20H27N3O2/c1-6-14(4)20(24)23-19-17(11-13(2)3)22-18(12-21-19)15-7-9-16(25-5)10-8-15/h7-10,12-14H,6,11H2,1-5H3,(H,21,23,24). The molecule has 0 saturated heterocycles. The molecule has 5 nitrogen and oxygen atoms in total. The molecule has 134 valence electrons. The Kier molecular flexibility index (Phi) is 6.51. The van der Waals surface area contributed by atoms with Crippen LogP contribution in [0.5, 0.6) is 5.75 Å². The molecule has 1 atom stereocenters. The molecule has 0 aliphatic rings. The van der Waals surface area contributed by atoms with Gasteiger partial charge in [-0.15, -0.1) is 0 Å². The monoisotopic (exact) mass is 341 g/mol. The van der Waals surface area contributed by atoms with Crippen molar-refractivity contribution < 1.29 is 9.53 Å². The summed E-state index contributed by atoms with van der Waals surface area (Å²) < 4.78 is 5.19.